The monoisotopic (exact) mass is 636 g/mol. The van der Waals surface area contributed by atoms with Crippen LogP contribution in [0.5, 0.6) is 0 Å². The van der Waals surface area contributed by atoms with Crippen molar-refractivity contribution >= 4 is 35.4 Å². The van der Waals surface area contributed by atoms with E-state index in [4.69, 9.17) is 10.5 Å². The van der Waals surface area contributed by atoms with Crippen molar-refractivity contribution in [3.05, 3.63) is 0 Å². The lowest BCUT2D eigenvalue weighted by Crippen LogP contribution is -2.62. The van der Waals surface area contributed by atoms with Crippen LogP contribution in [0.25, 0.3) is 0 Å². The number of ketones is 1. The van der Waals surface area contributed by atoms with Crippen LogP contribution in [-0.2, 0) is 28.7 Å². The van der Waals surface area contributed by atoms with Crippen LogP contribution in [0.3, 0.4) is 0 Å². The molecule has 0 radical (unpaired) electrons. The van der Waals surface area contributed by atoms with Crippen LogP contribution in [0.15, 0.2) is 0 Å². The second-order valence-electron chi connectivity index (χ2n) is 14.5. The molecule has 5 N–H and O–H groups in total. The summed E-state index contributed by atoms with van der Waals surface area (Å²) in [5.74, 6) is -2.24. The number of nitrogens with two attached hydrogens (primary N) is 1. The van der Waals surface area contributed by atoms with Crippen LogP contribution >= 0.6 is 0 Å². The van der Waals surface area contributed by atoms with Crippen LogP contribution in [0.1, 0.15) is 87.5 Å². The number of primary amides is 1. The number of Topliss-reactive ketones (excluding diaryl/α,β-unsaturated/α-hetero) is 1. The molecule has 13 nitrogen and oxygen atoms in total. The number of amides is 6. The quantitative estimate of drug-likeness (QED) is 0.249. The van der Waals surface area contributed by atoms with Gasteiger partial charge in [0.05, 0.1) is 19.3 Å². The van der Waals surface area contributed by atoms with E-state index in [2.05, 4.69) is 36.7 Å². The minimum Gasteiger partial charge on any atom is -0.378 e. The Kier molecular flexibility index (Phi) is 14.3. The molecule has 6 amide bonds. The molecule has 13 heteroatoms. The number of likely N-dealkylation sites (tertiary alicyclic amines) is 1. The van der Waals surface area contributed by atoms with Gasteiger partial charge in [0.1, 0.15) is 18.1 Å². The Bertz CT molecular complexity index is 1060. The first-order valence-electron chi connectivity index (χ1n) is 16.3. The van der Waals surface area contributed by atoms with Crippen molar-refractivity contribution in [3.63, 3.8) is 0 Å². The summed E-state index contributed by atoms with van der Waals surface area (Å²) in [5.41, 5.74) is 4.48. The van der Waals surface area contributed by atoms with E-state index in [9.17, 15) is 28.8 Å². The van der Waals surface area contributed by atoms with Gasteiger partial charge in [0.25, 0.3) is 5.91 Å². The summed E-state index contributed by atoms with van der Waals surface area (Å²) >= 11 is 0. The Balaban J connectivity index is 0.00000166. The van der Waals surface area contributed by atoms with Crippen LogP contribution in [0.2, 0.25) is 0 Å². The normalized spacial score (nSPS) is 20.4. The van der Waals surface area contributed by atoms with Crippen LogP contribution in [0, 0.1) is 23.2 Å². The van der Waals surface area contributed by atoms with Gasteiger partial charge in [-0.25, -0.2) is 4.79 Å². The maximum absolute atomic E-state index is 13.8. The highest BCUT2D eigenvalue weighted by Gasteiger charge is 2.43. The maximum atomic E-state index is 13.8. The first kappa shape index (κ1) is 38.0. The van der Waals surface area contributed by atoms with E-state index in [-0.39, 0.29) is 17.7 Å². The summed E-state index contributed by atoms with van der Waals surface area (Å²) in [5, 5.41) is 8.18. The number of hydrogen-bond acceptors (Lipinski definition) is 7. The van der Waals surface area contributed by atoms with Crippen molar-refractivity contribution < 1.29 is 33.5 Å². The minimum atomic E-state index is -1.11. The fourth-order valence-electron chi connectivity index (χ4n) is 5.28. The number of morpholine rings is 1. The van der Waals surface area contributed by atoms with E-state index in [1.54, 1.807) is 25.7 Å². The molecule has 0 aromatic carbocycles. The first-order chi connectivity index (χ1) is 20.9. The topological polar surface area (TPSA) is 180 Å². The summed E-state index contributed by atoms with van der Waals surface area (Å²) in [6, 6.07) is -4.33. The van der Waals surface area contributed by atoms with E-state index >= 15 is 0 Å². The average molecular weight is 637 g/mol. The summed E-state index contributed by atoms with van der Waals surface area (Å²) < 4.78 is 5.32. The lowest BCUT2D eigenvalue weighted by atomic mass is 9.85. The fourth-order valence-corrected chi connectivity index (χ4v) is 5.28. The number of nitrogens with one attached hydrogen (secondary N) is 3. The molecule has 0 aromatic heterocycles. The molecular formula is C32H56N6O7. The Morgan fingerprint density at radius 2 is 1.42 bits per heavy atom. The summed E-state index contributed by atoms with van der Waals surface area (Å²) in [7, 11) is 0. The van der Waals surface area contributed by atoms with Crippen molar-refractivity contribution in [2.75, 3.05) is 32.8 Å². The molecule has 3 aliphatic rings. The van der Waals surface area contributed by atoms with Crippen molar-refractivity contribution in [2.24, 2.45) is 28.9 Å². The van der Waals surface area contributed by atoms with Gasteiger partial charge < -0.3 is 36.2 Å². The number of nitrogens with zero attached hydrogens (tertiary/aromatic N) is 2. The molecule has 2 saturated heterocycles. The molecule has 0 bridgehead atoms. The second kappa shape index (κ2) is 16.9. The Morgan fingerprint density at radius 3 is 1.91 bits per heavy atom. The molecule has 1 aliphatic carbocycles. The summed E-state index contributed by atoms with van der Waals surface area (Å²) in [6.07, 6.45) is 3.12. The van der Waals surface area contributed by atoms with Gasteiger partial charge in [-0.05, 0) is 42.4 Å². The molecule has 3 fully saturated rings. The molecule has 4 unspecified atom stereocenters. The fraction of sp³-hybridized carbons (Fsp3) is 0.812. The maximum Gasteiger partial charge on any atom is 0.316 e. The molecule has 3 rings (SSSR count). The minimum absolute atomic E-state index is 0.196. The molecule has 256 valence electrons. The third kappa shape index (κ3) is 11.9. The summed E-state index contributed by atoms with van der Waals surface area (Å²) in [4.78, 5) is 80.4. The molecule has 2 aliphatic heterocycles. The second-order valence-corrected chi connectivity index (χ2v) is 14.5. The van der Waals surface area contributed by atoms with Crippen molar-refractivity contribution in [2.45, 2.75) is 112 Å². The van der Waals surface area contributed by atoms with Crippen LogP contribution in [0.4, 0.5) is 4.79 Å². The third-order valence-electron chi connectivity index (χ3n) is 7.91. The Hall–Kier alpha value is -3.22. The Morgan fingerprint density at radius 1 is 0.844 bits per heavy atom. The highest BCUT2D eigenvalue weighted by Crippen LogP contribution is 2.34. The molecule has 0 spiro atoms. The molecule has 0 aromatic rings. The van der Waals surface area contributed by atoms with E-state index < -0.39 is 59.1 Å². The van der Waals surface area contributed by atoms with Crippen LogP contribution in [-0.4, -0.2) is 102 Å². The molecule has 1 saturated carbocycles. The highest BCUT2D eigenvalue weighted by molar-refractivity contribution is 6.37. The lowest BCUT2D eigenvalue weighted by molar-refractivity contribution is -0.143. The molecule has 2 heterocycles. The predicted octanol–water partition coefficient (Wildman–Crippen LogP) is 1.58. The lowest BCUT2D eigenvalue weighted by Gasteiger charge is -2.36. The van der Waals surface area contributed by atoms with Crippen LogP contribution < -0.4 is 21.7 Å². The average Bonchev–Trinajstić information content (AvgIpc) is 3.63. The molecule has 45 heavy (non-hydrogen) atoms. The summed E-state index contributed by atoms with van der Waals surface area (Å²) in [6.45, 7) is 17.6. The van der Waals surface area contributed by atoms with Gasteiger partial charge >= 0.3 is 6.03 Å². The number of hydrogen-bond donors (Lipinski definition) is 4. The van der Waals surface area contributed by atoms with Gasteiger partial charge in [-0.2, -0.15) is 0 Å². The first-order valence-corrected chi connectivity index (χ1v) is 16.3. The number of carbonyl (C=O) groups is 6. The van der Waals surface area contributed by atoms with Gasteiger partial charge in [-0.3, -0.25) is 24.0 Å². The van der Waals surface area contributed by atoms with E-state index in [0.29, 0.717) is 52.1 Å². The van der Waals surface area contributed by atoms with Crippen molar-refractivity contribution in [1.82, 2.24) is 25.8 Å². The zero-order chi connectivity index (χ0) is 34.1. The third-order valence-corrected chi connectivity index (χ3v) is 7.91. The number of rotatable bonds is 11. The SMILES string of the molecule is CC(C)C.CC(C)C(NC(=O)NC(C(=O)N1CCCC1C(=O)NC(CC1CC1)C(=O)C(N)=O)C(C)(C)C)C(=O)N1CCOCC1. The van der Waals surface area contributed by atoms with Crippen molar-refractivity contribution in [3.8, 4) is 0 Å². The van der Waals surface area contributed by atoms with Gasteiger partial charge in [-0.1, -0.05) is 68.2 Å². The highest BCUT2D eigenvalue weighted by atomic mass is 16.5. The smallest absolute Gasteiger partial charge is 0.316 e. The van der Waals surface area contributed by atoms with Gasteiger partial charge in [0, 0.05) is 19.6 Å². The Labute approximate surface area is 268 Å². The zero-order valence-corrected chi connectivity index (χ0v) is 28.4. The molecular weight excluding hydrogens is 580 g/mol. The van der Waals surface area contributed by atoms with Crippen molar-refractivity contribution in [1.29, 1.82) is 0 Å². The van der Waals surface area contributed by atoms with Gasteiger partial charge in [-0.15, -0.1) is 0 Å². The van der Waals surface area contributed by atoms with E-state index in [1.807, 2.05) is 13.8 Å². The predicted molar refractivity (Wildman–Crippen MR) is 170 cm³/mol. The number of carbonyl (C=O) groups excluding carboxylic acids is 6. The molecule has 4 atom stereocenters. The van der Waals surface area contributed by atoms with Gasteiger partial charge in [0.2, 0.25) is 23.5 Å². The van der Waals surface area contributed by atoms with Gasteiger partial charge in [0.15, 0.2) is 0 Å². The van der Waals surface area contributed by atoms with E-state index in [1.165, 1.54) is 4.90 Å². The number of ether oxygens (including phenoxy) is 1. The number of urea groups is 1. The zero-order valence-electron chi connectivity index (χ0n) is 28.4. The van der Waals surface area contributed by atoms with E-state index in [0.717, 1.165) is 18.8 Å². The standard InChI is InChI=1S/C28H46N6O7.C4H10/c1-16(2)20(25(38)33-11-13-41-14-12-33)31-27(40)32-22(28(3,4)5)26(39)34-10-6-7-19(34)24(37)30-18(15-17-8-9-17)21(35)23(29)36;1-4(2)3/h16-20,22H,6-15H2,1-5H3,(H2,29,36)(H,30,37)(H2,31,32,40);4H,1-3H3. The largest absolute Gasteiger partial charge is 0.378 e.